The number of hydrogen-bond donors (Lipinski definition) is 2. The fraction of sp³-hybridized carbons (Fsp3) is 0.273. The Bertz CT molecular complexity index is 964. The molecule has 3 aromatic rings. The molecule has 0 bridgehead atoms. The average molecular weight is 394 g/mol. The van der Waals surface area contributed by atoms with Gasteiger partial charge in [-0.25, -0.2) is 4.98 Å². The van der Waals surface area contributed by atoms with Crippen molar-refractivity contribution in [2.75, 3.05) is 21.3 Å². The summed E-state index contributed by atoms with van der Waals surface area (Å²) < 4.78 is 16.2. The average Bonchev–Trinajstić information content (AvgIpc) is 3.23. The topological polar surface area (TPSA) is 80.9 Å². The number of aliphatic imine (C=N–C) groups is 1. The molecule has 2 N–H and O–H groups in total. The van der Waals surface area contributed by atoms with Crippen LogP contribution in [0.15, 0.2) is 58.1 Å². The maximum Gasteiger partial charge on any atom is 0.226 e. The number of nitrogens with zero attached hydrogens (tertiary/aromatic N) is 2. The first-order valence-electron chi connectivity index (χ1n) is 9.29. The molecule has 0 atom stereocenters. The lowest BCUT2D eigenvalue weighted by atomic mass is 10.1. The number of hydrogen-bond acceptors (Lipinski definition) is 5. The first-order valence-corrected chi connectivity index (χ1v) is 9.29. The van der Waals surface area contributed by atoms with Crippen LogP contribution < -0.4 is 20.1 Å². The van der Waals surface area contributed by atoms with Gasteiger partial charge < -0.3 is 24.5 Å². The minimum absolute atomic E-state index is 0.501. The Hall–Kier alpha value is -3.48. The molecule has 0 aliphatic carbocycles. The molecule has 0 aliphatic rings. The van der Waals surface area contributed by atoms with Crippen molar-refractivity contribution >= 4 is 5.96 Å². The van der Waals surface area contributed by atoms with Gasteiger partial charge in [-0.1, -0.05) is 23.8 Å². The molecular weight excluding hydrogens is 368 g/mol. The van der Waals surface area contributed by atoms with E-state index in [-0.39, 0.29) is 0 Å². The number of methoxy groups -OCH3 is 2. The minimum Gasteiger partial charge on any atom is -0.493 e. The zero-order valence-corrected chi connectivity index (χ0v) is 17.2. The Kier molecular flexibility index (Phi) is 6.73. The van der Waals surface area contributed by atoms with Gasteiger partial charge in [-0.2, -0.15) is 0 Å². The van der Waals surface area contributed by atoms with Gasteiger partial charge in [0.05, 0.1) is 26.5 Å². The van der Waals surface area contributed by atoms with Crippen molar-refractivity contribution < 1.29 is 13.9 Å². The molecule has 0 amide bonds. The smallest absolute Gasteiger partial charge is 0.226 e. The number of ether oxygens (including phenoxy) is 2. The monoisotopic (exact) mass is 394 g/mol. The zero-order valence-electron chi connectivity index (χ0n) is 17.2. The van der Waals surface area contributed by atoms with E-state index >= 15 is 0 Å². The molecular formula is C22H26N4O3. The van der Waals surface area contributed by atoms with Gasteiger partial charge in [0.1, 0.15) is 6.26 Å². The summed E-state index contributed by atoms with van der Waals surface area (Å²) in [6.45, 7) is 3.14. The standard InChI is InChI=1S/C22H26N4O3/c1-15-5-8-17(9-6-15)21-26-18(14-29-21)13-25-22(23-2)24-12-16-7-10-19(27-3)20(11-16)28-4/h5-11,14H,12-13H2,1-4H3,(H2,23,24,25). The lowest BCUT2D eigenvalue weighted by Crippen LogP contribution is -2.36. The number of oxazole rings is 1. The summed E-state index contributed by atoms with van der Waals surface area (Å²) in [6, 6.07) is 13.9. The van der Waals surface area contributed by atoms with Crippen LogP contribution in [0.25, 0.3) is 11.5 Å². The van der Waals surface area contributed by atoms with Crippen molar-refractivity contribution in [3.63, 3.8) is 0 Å². The van der Waals surface area contributed by atoms with E-state index < -0.39 is 0 Å². The second-order valence-corrected chi connectivity index (χ2v) is 6.48. The Labute approximate surface area is 170 Å². The van der Waals surface area contributed by atoms with Gasteiger partial charge in [0.25, 0.3) is 0 Å². The third-order valence-corrected chi connectivity index (χ3v) is 4.42. The van der Waals surface area contributed by atoms with Crippen LogP contribution in [-0.4, -0.2) is 32.2 Å². The summed E-state index contributed by atoms with van der Waals surface area (Å²) in [5.74, 6) is 2.67. The van der Waals surface area contributed by atoms with E-state index in [0.29, 0.717) is 36.4 Å². The zero-order chi connectivity index (χ0) is 20.6. The van der Waals surface area contributed by atoms with Crippen LogP contribution in [0, 0.1) is 6.92 Å². The summed E-state index contributed by atoms with van der Waals surface area (Å²) in [5.41, 5.74) is 4.01. The summed E-state index contributed by atoms with van der Waals surface area (Å²) in [5, 5.41) is 6.52. The summed E-state index contributed by atoms with van der Waals surface area (Å²) >= 11 is 0. The Morgan fingerprint density at radius 2 is 1.72 bits per heavy atom. The van der Waals surface area contributed by atoms with Gasteiger partial charge >= 0.3 is 0 Å². The van der Waals surface area contributed by atoms with E-state index in [4.69, 9.17) is 13.9 Å². The lowest BCUT2D eigenvalue weighted by Gasteiger charge is -2.13. The van der Waals surface area contributed by atoms with E-state index in [1.165, 1.54) is 5.56 Å². The van der Waals surface area contributed by atoms with Crippen LogP contribution in [-0.2, 0) is 13.1 Å². The molecule has 0 radical (unpaired) electrons. The molecule has 7 heteroatoms. The van der Waals surface area contributed by atoms with Crippen LogP contribution in [0.2, 0.25) is 0 Å². The Balaban J connectivity index is 1.55. The second kappa shape index (κ2) is 9.64. The van der Waals surface area contributed by atoms with Gasteiger partial charge in [-0.05, 0) is 36.8 Å². The van der Waals surface area contributed by atoms with Crippen LogP contribution in [0.5, 0.6) is 11.5 Å². The highest BCUT2D eigenvalue weighted by atomic mass is 16.5. The van der Waals surface area contributed by atoms with Gasteiger partial charge in [0.2, 0.25) is 5.89 Å². The number of guanidine groups is 1. The molecule has 0 spiro atoms. The molecule has 0 fully saturated rings. The molecule has 7 nitrogen and oxygen atoms in total. The number of aromatic nitrogens is 1. The van der Waals surface area contributed by atoms with E-state index in [9.17, 15) is 0 Å². The third-order valence-electron chi connectivity index (χ3n) is 4.42. The fourth-order valence-corrected chi connectivity index (χ4v) is 2.79. The molecule has 152 valence electrons. The van der Waals surface area contributed by atoms with E-state index in [2.05, 4.69) is 27.5 Å². The van der Waals surface area contributed by atoms with Crippen molar-refractivity contribution in [2.45, 2.75) is 20.0 Å². The van der Waals surface area contributed by atoms with Crippen molar-refractivity contribution in [1.29, 1.82) is 0 Å². The SMILES string of the molecule is CN=C(NCc1ccc(OC)c(OC)c1)NCc1coc(-c2ccc(C)cc2)n1. The number of benzene rings is 2. The number of nitrogens with one attached hydrogen (secondary N) is 2. The normalized spacial score (nSPS) is 11.2. The van der Waals surface area contributed by atoms with E-state index in [1.807, 2.05) is 42.5 Å². The molecule has 0 saturated carbocycles. The quantitative estimate of drug-likeness (QED) is 0.471. The van der Waals surface area contributed by atoms with Crippen molar-refractivity contribution in [2.24, 2.45) is 4.99 Å². The molecule has 29 heavy (non-hydrogen) atoms. The molecule has 2 aromatic carbocycles. The van der Waals surface area contributed by atoms with Crippen LogP contribution in [0.4, 0.5) is 0 Å². The maximum atomic E-state index is 5.60. The van der Waals surface area contributed by atoms with Crippen LogP contribution in [0.3, 0.4) is 0 Å². The maximum absolute atomic E-state index is 5.60. The number of rotatable bonds is 7. The molecule has 1 aromatic heterocycles. The minimum atomic E-state index is 0.501. The largest absolute Gasteiger partial charge is 0.493 e. The predicted molar refractivity (Wildman–Crippen MR) is 113 cm³/mol. The summed E-state index contributed by atoms with van der Waals surface area (Å²) in [7, 11) is 4.97. The second-order valence-electron chi connectivity index (χ2n) is 6.48. The van der Waals surface area contributed by atoms with Crippen molar-refractivity contribution in [3.05, 3.63) is 65.5 Å². The molecule has 0 saturated heterocycles. The highest BCUT2D eigenvalue weighted by Gasteiger charge is 2.08. The van der Waals surface area contributed by atoms with Gasteiger partial charge in [-0.3, -0.25) is 4.99 Å². The van der Waals surface area contributed by atoms with Crippen molar-refractivity contribution in [1.82, 2.24) is 15.6 Å². The number of aryl methyl sites for hydroxylation is 1. The van der Waals surface area contributed by atoms with Crippen molar-refractivity contribution in [3.8, 4) is 23.0 Å². The van der Waals surface area contributed by atoms with Gasteiger partial charge in [0, 0.05) is 19.2 Å². The third kappa shape index (κ3) is 5.28. The van der Waals surface area contributed by atoms with Gasteiger partial charge in [0.15, 0.2) is 17.5 Å². The highest BCUT2D eigenvalue weighted by Crippen LogP contribution is 2.27. The highest BCUT2D eigenvalue weighted by molar-refractivity contribution is 5.79. The molecule has 0 aliphatic heterocycles. The first kappa shape index (κ1) is 20.3. The van der Waals surface area contributed by atoms with E-state index in [1.54, 1.807) is 27.5 Å². The van der Waals surface area contributed by atoms with Crippen LogP contribution >= 0.6 is 0 Å². The Morgan fingerprint density at radius 1 is 1.00 bits per heavy atom. The molecule has 1 heterocycles. The molecule has 3 rings (SSSR count). The first-order chi connectivity index (χ1) is 14.1. The lowest BCUT2D eigenvalue weighted by molar-refractivity contribution is 0.354. The predicted octanol–water partition coefficient (Wildman–Crippen LogP) is 3.53. The van der Waals surface area contributed by atoms with Gasteiger partial charge in [-0.15, -0.1) is 0 Å². The van der Waals surface area contributed by atoms with Crippen LogP contribution in [0.1, 0.15) is 16.8 Å². The fourth-order valence-electron chi connectivity index (χ4n) is 2.79. The Morgan fingerprint density at radius 3 is 2.41 bits per heavy atom. The molecule has 0 unspecified atom stereocenters. The summed E-state index contributed by atoms with van der Waals surface area (Å²) in [6.07, 6.45) is 1.66. The summed E-state index contributed by atoms with van der Waals surface area (Å²) in [4.78, 5) is 8.78. The van der Waals surface area contributed by atoms with E-state index in [0.717, 1.165) is 16.8 Å².